The third-order valence-electron chi connectivity index (χ3n) is 3.58. The zero-order chi connectivity index (χ0) is 16.2. The molecule has 0 saturated heterocycles. The normalized spacial score (nSPS) is 10.7. The summed E-state index contributed by atoms with van der Waals surface area (Å²) < 4.78 is 7.23. The molecular weight excluding hydrogens is 290 g/mol. The van der Waals surface area contributed by atoms with Gasteiger partial charge in [0.1, 0.15) is 5.76 Å². The number of amides is 1. The maximum absolute atomic E-state index is 12.1. The molecule has 5 nitrogen and oxygen atoms in total. The van der Waals surface area contributed by atoms with E-state index in [4.69, 9.17) is 4.42 Å². The van der Waals surface area contributed by atoms with Gasteiger partial charge in [0.25, 0.3) is 5.91 Å². The second-order valence-electron chi connectivity index (χ2n) is 5.46. The van der Waals surface area contributed by atoms with E-state index in [-0.39, 0.29) is 5.91 Å². The van der Waals surface area contributed by atoms with Crippen LogP contribution >= 0.6 is 0 Å². The lowest BCUT2D eigenvalue weighted by Gasteiger charge is -2.03. The monoisotopic (exact) mass is 309 g/mol. The number of carbonyl (C=O) groups excluding carboxylic acids is 1. The van der Waals surface area contributed by atoms with Crippen molar-refractivity contribution in [3.63, 3.8) is 0 Å². The number of nitrogens with one attached hydrogen (secondary N) is 1. The highest BCUT2D eigenvalue weighted by molar-refractivity contribution is 6.01. The minimum atomic E-state index is -0.287. The standard InChI is InChI=1S/C18H19N3O2/c1-3-15-8-9-16(23-15)18(22)19-17-10-11-21(20-17)12-14-6-4-13(2)5-7-14/h4-11H,3,12H2,1-2H3,(H,19,20,22). The van der Waals surface area contributed by atoms with Gasteiger partial charge >= 0.3 is 0 Å². The summed E-state index contributed by atoms with van der Waals surface area (Å²) in [4.78, 5) is 12.1. The molecule has 23 heavy (non-hydrogen) atoms. The number of carbonyl (C=O) groups is 1. The number of furan rings is 1. The fourth-order valence-electron chi connectivity index (χ4n) is 2.26. The molecule has 0 aliphatic carbocycles. The van der Waals surface area contributed by atoms with Crippen LogP contribution in [0.15, 0.2) is 53.1 Å². The summed E-state index contributed by atoms with van der Waals surface area (Å²) in [5.41, 5.74) is 2.39. The van der Waals surface area contributed by atoms with Crippen LogP contribution < -0.4 is 5.32 Å². The molecule has 3 aromatic rings. The van der Waals surface area contributed by atoms with Gasteiger partial charge in [0, 0.05) is 18.7 Å². The first-order valence-electron chi connectivity index (χ1n) is 7.63. The summed E-state index contributed by atoms with van der Waals surface area (Å²) >= 11 is 0. The highest BCUT2D eigenvalue weighted by Crippen LogP contribution is 2.12. The summed E-state index contributed by atoms with van der Waals surface area (Å²) in [5.74, 6) is 1.32. The molecule has 5 heteroatoms. The molecule has 0 unspecified atom stereocenters. The zero-order valence-corrected chi connectivity index (χ0v) is 13.2. The van der Waals surface area contributed by atoms with E-state index in [0.29, 0.717) is 18.1 Å². The summed E-state index contributed by atoms with van der Waals surface area (Å²) in [6.07, 6.45) is 2.60. The Hall–Kier alpha value is -2.82. The predicted molar refractivity (Wildman–Crippen MR) is 88.5 cm³/mol. The molecule has 0 radical (unpaired) electrons. The van der Waals surface area contributed by atoms with Crippen molar-refractivity contribution in [3.05, 3.63) is 71.3 Å². The fourth-order valence-corrected chi connectivity index (χ4v) is 2.26. The van der Waals surface area contributed by atoms with Crippen molar-refractivity contribution in [2.75, 3.05) is 5.32 Å². The summed E-state index contributed by atoms with van der Waals surface area (Å²) in [6, 6.07) is 13.6. The summed E-state index contributed by atoms with van der Waals surface area (Å²) in [5, 5.41) is 7.11. The molecule has 0 aliphatic heterocycles. The van der Waals surface area contributed by atoms with Crippen molar-refractivity contribution in [3.8, 4) is 0 Å². The second-order valence-corrected chi connectivity index (χ2v) is 5.46. The van der Waals surface area contributed by atoms with Crippen LogP contribution in [0.4, 0.5) is 5.82 Å². The Kier molecular flexibility index (Phi) is 4.28. The molecule has 0 spiro atoms. The van der Waals surface area contributed by atoms with Gasteiger partial charge < -0.3 is 9.73 Å². The Balaban J connectivity index is 1.64. The van der Waals surface area contributed by atoms with E-state index in [1.165, 1.54) is 5.56 Å². The molecule has 0 saturated carbocycles. The Labute approximate surface area is 134 Å². The van der Waals surface area contributed by atoms with Crippen LogP contribution in [0.1, 0.15) is 34.4 Å². The minimum Gasteiger partial charge on any atom is -0.456 e. The largest absolute Gasteiger partial charge is 0.456 e. The Morgan fingerprint density at radius 3 is 2.65 bits per heavy atom. The predicted octanol–water partition coefficient (Wildman–Crippen LogP) is 3.65. The van der Waals surface area contributed by atoms with Crippen LogP contribution in [0.5, 0.6) is 0 Å². The number of hydrogen-bond donors (Lipinski definition) is 1. The number of nitrogens with zero attached hydrogens (tertiary/aromatic N) is 2. The van der Waals surface area contributed by atoms with Crippen molar-refractivity contribution in [2.45, 2.75) is 26.8 Å². The molecule has 2 heterocycles. The van der Waals surface area contributed by atoms with Crippen molar-refractivity contribution < 1.29 is 9.21 Å². The molecular formula is C18H19N3O2. The number of aromatic nitrogens is 2. The molecule has 1 amide bonds. The number of rotatable bonds is 5. The number of aryl methyl sites for hydroxylation is 2. The topological polar surface area (TPSA) is 60.1 Å². The Bertz CT molecular complexity index is 800. The van der Waals surface area contributed by atoms with Crippen LogP contribution in [0.25, 0.3) is 0 Å². The third-order valence-corrected chi connectivity index (χ3v) is 3.58. The SMILES string of the molecule is CCc1ccc(C(=O)Nc2ccn(Cc3ccc(C)cc3)n2)o1. The van der Waals surface area contributed by atoms with Crippen LogP contribution in [-0.4, -0.2) is 15.7 Å². The van der Waals surface area contributed by atoms with Gasteiger partial charge in [0.15, 0.2) is 11.6 Å². The molecule has 2 aromatic heterocycles. The summed E-state index contributed by atoms with van der Waals surface area (Å²) in [6.45, 7) is 4.70. The third kappa shape index (κ3) is 3.69. The van der Waals surface area contributed by atoms with Crippen LogP contribution in [0.2, 0.25) is 0 Å². The minimum absolute atomic E-state index is 0.287. The van der Waals surface area contributed by atoms with Crippen molar-refractivity contribution in [1.82, 2.24) is 9.78 Å². The van der Waals surface area contributed by atoms with E-state index in [1.54, 1.807) is 16.8 Å². The average molecular weight is 309 g/mol. The van der Waals surface area contributed by atoms with Gasteiger partial charge in [-0.2, -0.15) is 5.10 Å². The van der Waals surface area contributed by atoms with E-state index in [2.05, 4.69) is 41.6 Å². The first-order chi connectivity index (χ1) is 11.1. The first-order valence-corrected chi connectivity index (χ1v) is 7.63. The lowest BCUT2D eigenvalue weighted by Crippen LogP contribution is -2.12. The summed E-state index contributed by atoms with van der Waals surface area (Å²) in [7, 11) is 0. The lowest BCUT2D eigenvalue weighted by molar-refractivity contribution is 0.0994. The van der Waals surface area contributed by atoms with E-state index < -0.39 is 0 Å². The van der Waals surface area contributed by atoms with Crippen molar-refractivity contribution in [1.29, 1.82) is 0 Å². The van der Waals surface area contributed by atoms with Crippen LogP contribution in [0, 0.1) is 6.92 Å². The molecule has 1 N–H and O–H groups in total. The highest BCUT2D eigenvalue weighted by atomic mass is 16.3. The van der Waals surface area contributed by atoms with E-state index >= 15 is 0 Å². The molecule has 0 bridgehead atoms. The maximum atomic E-state index is 12.1. The van der Waals surface area contributed by atoms with Gasteiger partial charge in [-0.25, -0.2) is 0 Å². The maximum Gasteiger partial charge on any atom is 0.292 e. The zero-order valence-electron chi connectivity index (χ0n) is 13.2. The Morgan fingerprint density at radius 1 is 1.17 bits per heavy atom. The second kappa shape index (κ2) is 6.52. The van der Waals surface area contributed by atoms with E-state index in [9.17, 15) is 4.79 Å². The quantitative estimate of drug-likeness (QED) is 0.782. The van der Waals surface area contributed by atoms with Gasteiger partial charge in [-0.05, 0) is 24.6 Å². The average Bonchev–Trinajstić information content (AvgIpc) is 3.19. The van der Waals surface area contributed by atoms with Crippen molar-refractivity contribution >= 4 is 11.7 Å². The number of hydrogen-bond acceptors (Lipinski definition) is 3. The van der Waals surface area contributed by atoms with E-state index in [0.717, 1.165) is 17.7 Å². The molecule has 0 atom stereocenters. The van der Waals surface area contributed by atoms with Crippen LogP contribution in [0.3, 0.4) is 0 Å². The molecule has 3 rings (SSSR count). The van der Waals surface area contributed by atoms with E-state index in [1.807, 2.05) is 19.2 Å². The molecule has 118 valence electrons. The smallest absolute Gasteiger partial charge is 0.292 e. The number of anilines is 1. The van der Waals surface area contributed by atoms with Gasteiger partial charge in [0.05, 0.1) is 6.54 Å². The fraction of sp³-hybridized carbons (Fsp3) is 0.222. The molecule has 1 aromatic carbocycles. The van der Waals surface area contributed by atoms with Gasteiger partial charge in [-0.15, -0.1) is 0 Å². The highest BCUT2D eigenvalue weighted by Gasteiger charge is 2.12. The van der Waals surface area contributed by atoms with Crippen LogP contribution in [-0.2, 0) is 13.0 Å². The molecule has 0 fully saturated rings. The molecule has 0 aliphatic rings. The number of benzene rings is 1. The van der Waals surface area contributed by atoms with Gasteiger partial charge in [-0.1, -0.05) is 36.8 Å². The Morgan fingerprint density at radius 2 is 1.96 bits per heavy atom. The van der Waals surface area contributed by atoms with Gasteiger partial charge in [0.2, 0.25) is 0 Å². The first kappa shape index (κ1) is 15.1. The van der Waals surface area contributed by atoms with Crippen molar-refractivity contribution in [2.24, 2.45) is 0 Å². The van der Waals surface area contributed by atoms with Gasteiger partial charge in [-0.3, -0.25) is 9.48 Å². The lowest BCUT2D eigenvalue weighted by atomic mass is 10.1.